The van der Waals surface area contributed by atoms with Gasteiger partial charge >= 0.3 is 7.12 Å². The summed E-state index contributed by atoms with van der Waals surface area (Å²) in [5.41, 5.74) is 2.18. The lowest BCUT2D eigenvalue weighted by Gasteiger charge is -2.42. The topological polar surface area (TPSA) is 89.6 Å². The van der Waals surface area contributed by atoms with Crippen LogP contribution in [0, 0.1) is 17.2 Å². The minimum absolute atomic E-state index is 0.383. The molecule has 2 N–H and O–H groups in total. The van der Waals surface area contributed by atoms with E-state index in [1.54, 1.807) is 13.3 Å². The largest absolute Gasteiger partial charge is 0.494 e. The lowest BCUT2D eigenvalue weighted by molar-refractivity contribution is 0.363. The molecule has 0 aliphatic carbocycles. The molecule has 3 rings (SSSR count). The van der Waals surface area contributed by atoms with Gasteiger partial charge in [0.2, 0.25) is 0 Å². The number of methoxy groups -OCH3 is 1. The molecule has 0 bridgehead atoms. The zero-order chi connectivity index (χ0) is 16.4. The first-order chi connectivity index (χ1) is 11.1. The predicted octanol–water partition coefficient (Wildman–Crippen LogP) is 1.41. The minimum atomic E-state index is -1.25. The van der Waals surface area contributed by atoms with Crippen LogP contribution in [0.1, 0.15) is 12.0 Å². The van der Waals surface area contributed by atoms with Crippen LogP contribution in [0.25, 0.3) is 10.9 Å². The van der Waals surface area contributed by atoms with Crippen molar-refractivity contribution in [1.82, 2.24) is 4.98 Å². The Hall–Kier alpha value is -2.30. The van der Waals surface area contributed by atoms with E-state index in [1.807, 2.05) is 18.2 Å². The van der Waals surface area contributed by atoms with Crippen molar-refractivity contribution in [2.75, 3.05) is 25.1 Å². The summed E-state index contributed by atoms with van der Waals surface area (Å²) in [4.78, 5) is 6.51. The highest BCUT2D eigenvalue weighted by molar-refractivity contribution is 6.40. The van der Waals surface area contributed by atoms with Crippen LogP contribution in [0.4, 0.5) is 5.69 Å². The first-order valence-electron chi connectivity index (χ1n) is 7.61. The molecule has 1 aliphatic rings. The number of rotatable bonds is 5. The standard InChI is InChI=1S/C16H18BN3O3/c1-23-14-4-2-3-13-15(14)19-8-12(7-18)16(13)20-9-11(10-20)5-6-17(21)22/h2-4,8,11,21-22H,5-6,9-10H2,1H3. The van der Waals surface area contributed by atoms with Gasteiger partial charge < -0.3 is 19.7 Å². The number of pyridine rings is 1. The van der Waals surface area contributed by atoms with E-state index in [4.69, 9.17) is 14.8 Å². The van der Waals surface area contributed by atoms with Gasteiger partial charge in [-0.15, -0.1) is 0 Å². The molecule has 7 heteroatoms. The third-order valence-corrected chi connectivity index (χ3v) is 4.28. The van der Waals surface area contributed by atoms with Crippen molar-refractivity contribution in [1.29, 1.82) is 5.26 Å². The van der Waals surface area contributed by atoms with Gasteiger partial charge in [-0.3, -0.25) is 4.98 Å². The van der Waals surface area contributed by atoms with Gasteiger partial charge in [-0.25, -0.2) is 0 Å². The van der Waals surface area contributed by atoms with Gasteiger partial charge in [0.25, 0.3) is 0 Å². The minimum Gasteiger partial charge on any atom is -0.494 e. The van der Waals surface area contributed by atoms with E-state index >= 15 is 0 Å². The molecule has 2 heterocycles. The van der Waals surface area contributed by atoms with Crippen LogP contribution in [0.3, 0.4) is 0 Å². The fourth-order valence-corrected chi connectivity index (χ4v) is 3.09. The molecule has 0 spiro atoms. The van der Waals surface area contributed by atoms with Crippen molar-refractivity contribution >= 4 is 23.7 Å². The summed E-state index contributed by atoms with van der Waals surface area (Å²) in [6.45, 7) is 1.61. The Balaban J connectivity index is 1.90. The number of anilines is 1. The smallest absolute Gasteiger partial charge is 0.451 e. The van der Waals surface area contributed by atoms with Gasteiger partial charge in [-0.05, 0) is 24.7 Å². The van der Waals surface area contributed by atoms with E-state index in [0.29, 0.717) is 23.6 Å². The van der Waals surface area contributed by atoms with Crippen molar-refractivity contribution in [3.05, 3.63) is 30.0 Å². The number of hydrogen-bond donors (Lipinski definition) is 2. The van der Waals surface area contributed by atoms with Gasteiger partial charge in [0.05, 0.1) is 18.4 Å². The van der Waals surface area contributed by atoms with Gasteiger partial charge in [0.15, 0.2) is 0 Å². The summed E-state index contributed by atoms with van der Waals surface area (Å²) in [6, 6.07) is 7.91. The molecule has 0 radical (unpaired) electrons. The van der Waals surface area contributed by atoms with E-state index in [-0.39, 0.29) is 0 Å². The highest BCUT2D eigenvalue weighted by Crippen LogP contribution is 2.37. The molecule has 2 aromatic rings. The van der Waals surface area contributed by atoms with Crippen LogP contribution in [0.5, 0.6) is 5.75 Å². The molecule has 6 nitrogen and oxygen atoms in total. The average molecular weight is 311 g/mol. The van der Waals surface area contributed by atoms with Gasteiger partial charge in [-0.1, -0.05) is 12.1 Å². The lowest BCUT2D eigenvalue weighted by Crippen LogP contribution is -2.47. The molecule has 0 saturated carbocycles. The molecule has 0 amide bonds. The van der Waals surface area contributed by atoms with Crippen molar-refractivity contribution < 1.29 is 14.8 Å². The highest BCUT2D eigenvalue weighted by atomic mass is 16.5. The maximum atomic E-state index is 9.40. The third-order valence-electron chi connectivity index (χ3n) is 4.28. The molecule has 0 atom stereocenters. The molecule has 0 unspecified atom stereocenters. The molecule has 1 aromatic heterocycles. The van der Waals surface area contributed by atoms with E-state index in [1.165, 1.54) is 0 Å². The Bertz CT molecular complexity index is 754. The van der Waals surface area contributed by atoms with Gasteiger partial charge in [-0.2, -0.15) is 5.26 Å². The average Bonchev–Trinajstić information content (AvgIpc) is 2.52. The van der Waals surface area contributed by atoms with Crippen molar-refractivity contribution in [2.24, 2.45) is 5.92 Å². The maximum Gasteiger partial charge on any atom is 0.451 e. The lowest BCUT2D eigenvalue weighted by atomic mass is 9.79. The fraction of sp³-hybridized carbons (Fsp3) is 0.375. The third kappa shape index (κ3) is 2.96. The Morgan fingerprint density at radius 2 is 2.22 bits per heavy atom. The fourth-order valence-electron chi connectivity index (χ4n) is 3.09. The SMILES string of the molecule is COc1cccc2c(N3CC(CCB(O)O)C3)c(C#N)cnc12. The zero-order valence-electron chi connectivity index (χ0n) is 12.9. The van der Waals surface area contributed by atoms with Crippen LogP contribution in [0.2, 0.25) is 6.32 Å². The second kappa shape index (κ2) is 6.45. The summed E-state index contributed by atoms with van der Waals surface area (Å²) >= 11 is 0. The summed E-state index contributed by atoms with van der Waals surface area (Å²) in [6.07, 6.45) is 2.74. The number of nitriles is 1. The molecular weight excluding hydrogens is 293 g/mol. The second-order valence-corrected chi connectivity index (χ2v) is 5.82. The number of ether oxygens (including phenoxy) is 1. The molecular formula is C16H18BN3O3. The highest BCUT2D eigenvalue weighted by Gasteiger charge is 2.30. The molecule has 1 saturated heterocycles. The predicted molar refractivity (Wildman–Crippen MR) is 88.3 cm³/mol. The van der Waals surface area contributed by atoms with Crippen molar-refractivity contribution in [3.63, 3.8) is 0 Å². The summed E-state index contributed by atoms with van der Waals surface area (Å²) in [5, 5.41) is 28.2. The van der Waals surface area contributed by atoms with Crippen LogP contribution in [0.15, 0.2) is 24.4 Å². The summed E-state index contributed by atoms with van der Waals surface area (Å²) < 4.78 is 5.35. The van der Waals surface area contributed by atoms with Gasteiger partial charge in [0, 0.05) is 24.7 Å². The molecule has 1 fully saturated rings. The molecule has 1 aliphatic heterocycles. The van der Waals surface area contributed by atoms with Crippen LogP contribution < -0.4 is 9.64 Å². The number of aromatic nitrogens is 1. The van der Waals surface area contributed by atoms with Gasteiger partial charge in [0.1, 0.15) is 17.3 Å². The monoisotopic (exact) mass is 311 g/mol. The quantitative estimate of drug-likeness (QED) is 0.812. The van der Waals surface area contributed by atoms with E-state index in [0.717, 1.165) is 36.1 Å². The molecule has 118 valence electrons. The van der Waals surface area contributed by atoms with Crippen molar-refractivity contribution in [2.45, 2.75) is 12.7 Å². The Kier molecular flexibility index (Phi) is 4.37. The van der Waals surface area contributed by atoms with E-state index < -0.39 is 7.12 Å². The number of fused-ring (bicyclic) bond motifs is 1. The summed E-state index contributed by atoms with van der Waals surface area (Å²) in [7, 11) is 0.360. The maximum absolute atomic E-state index is 9.40. The Morgan fingerprint density at radius 1 is 1.43 bits per heavy atom. The molecule has 23 heavy (non-hydrogen) atoms. The number of nitrogens with zero attached hydrogens (tertiary/aromatic N) is 3. The number of benzene rings is 1. The first kappa shape index (κ1) is 15.6. The normalized spacial score (nSPS) is 14.4. The Labute approximate surface area is 135 Å². The van der Waals surface area contributed by atoms with Crippen LogP contribution >= 0.6 is 0 Å². The van der Waals surface area contributed by atoms with Crippen LogP contribution in [-0.4, -0.2) is 42.3 Å². The number of hydrogen-bond acceptors (Lipinski definition) is 6. The van der Waals surface area contributed by atoms with E-state index in [2.05, 4.69) is 16.0 Å². The number of para-hydroxylation sites is 1. The van der Waals surface area contributed by atoms with Crippen molar-refractivity contribution in [3.8, 4) is 11.8 Å². The van der Waals surface area contributed by atoms with Crippen LogP contribution in [-0.2, 0) is 0 Å². The molecule has 1 aromatic carbocycles. The zero-order valence-corrected chi connectivity index (χ0v) is 12.9. The second-order valence-electron chi connectivity index (χ2n) is 5.82. The summed E-state index contributed by atoms with van der Waals surface area (Å²) in [5.74, 6) is 1.10. The Morgan fingerprint density at radius 3 is 2.87 bits per heavy atom. The van der Waals surface area contributed by atoms with E-state index in [9.17, 15) is 5.26 Å². The first-order valence-corrected chi connectivity index (χ1v) is 7.61.